The molecule has 15 rings (SSSR count). The molecule has 0 saturated heterocycles. The minimum atomic E-state index is -0.988. The number of rotatable bonds is 11. The van der Waals surface area contributed by atoms with Gasteiger partial charge in [-0.15, -0.1) is 11.3 Å². The number of anilines is 9. The molecule has 0 amide bonds. The van der Waals surface area contributed by atoms with Gasteiger partial charge in [-0.1, -0.05) is 262 Å². The second-order valence-electron chi connectivity index (χ2n) is 32.2. The number of nitrogens with zero attached hydrogens (tertiary/aromatic N) is 3. The standard InChI is InChI=1S/C93H89N3OS/c1-88(2,3)60-34-36-65(37-35-60)93(66-46-56-71(57-47-66)94(69-48-38-61(39-49-69)89(4,5)6)70-50-40-62(41-51-70)90(7,8)9)76-59-79(96(68-28-20-17-21-29-68)73-54-44-64(45-55-73)92(13,14)15)87-83(75-31-23-25-33-81(75)98-87)84(76)85-77(93)58-78(82-74-30-22-24-32-80(74)97-86(82)85)95(67-26-18-16-19-27-67)72-52-42-63(43-53-72)91(10,11)12/h16-59H,1-15H3. The van der Waals surface area contributed by atoms with Crippen LogP contribution in [0.3, 0.4) is 0 Å². The molecule has 12 aromatic carbocycles. The van der Waals surface area contributed by atoms with E-state index in [1.54, 1.807) is 0 Å². The molecule has 5 heteroatoms. The van der Waals surface area contributed by atoms with E-state index in [4.69, 9.17) is 4.42 Å². The van der Waals surface area contributed by atoms with E-state index in [9.17, 15) is 0 Å². The van der Waals surface area contributed by atoms with Gasteiger partial charge in [-0.2, -0.15) is 0 Å². The lowest BCUT2D eigenvalue weighted by Gasteiger charge is -2.37. The van der Waals surface area contributed by atoms with Crippen molar-refractivity contribution < 1.29 is 4.42 Å². The molecule has 0 aliphatic heterocycles. The molecule has 4 nitrogen and oxygen atoms in total. The van der Waals surface area contributed by atoms with Gasteiger partial charge in [0, 0.05) is 66.2 Å². The van der Waals surface area contributed by atoms with Crippen LogP contribution in [-0.4, -0.2) is 0 Å². The van der Waals surface area contributed by atoms with E-state index in [0.717, 1.165) is 89.8 Å². The van der Waals surface area contributed by atoms with Gasteiger partial charge < -0.3 is 19.1 Å². The summed E-state index contributed by atoms with van der Waals surface area (Å²) >= 11 is 1.89. The highest BCUT2D eigenvalue weighted by Gasteiger charge is 2.51. The lowest BCUT2D eigenvalue weighted by molar-refractivity contribution is 0.589. The summed E-state index contributed by atoms with van der Waals surface area (Å²) in [6, 6.07) is 101. The largest absolute Gasteiger partial charge is 0.455 e. The highest BCUT2D eigenvalue weighted by Crippen LogP contribution is 2.65. The van der Waals surface area contributed by atoms with Gasteiger partial charge in [0.25, 0.3) is 0 Å². The van der Waals surface area contributed by atoms with Gasteiger partial charge >= 0.3 is 0 Å². The third kappa shape index (κ3) is 11.0. The van der Waals surface area contributed by atoms with Gasteiger partial charge in [0.05, 0.1) is 26.9 Å². The number of benzene rings is 12. The van der Waals surface area contributed by atoms with Crippen LogP contribution in [0.4, 0.5) is 51.2 Å². The summed E-state index contributed by atoms with van der Waals surface area (Å²) in [7, 11) is 0. The minimum absolute atomic E-state index is 0.00871. The Hall–Kier alpha value is -9.94. The van der Waals surface area contributed by atoms with Crippen LogP contribution in [0.25, 0.3) is 53.2 Å². The van der Waals surface area contributed by atoms with Crippen LogP contribution >= 0.6 is 11.3 Å². The molecule has 488 valence electrons. The fraction of sp³-hybridized carbons (Fsp3) is 0.226. The monoisotopic (exact) mass is 1300 g/mol. The first-order chi connectivity index (χ1) is 46.8. The van der Waals surface area contributed by atoms with Crippen LogP contribution in [-0.2, 0) is 32.5 Å². The number of furan rings is 1. The Bertz CT molecular complexity index is 5220. The third-order valence-corrected chi connectivity index (χ3v) is 21.7. The molecular weight excluding hydrogens is 1210 g/mol. The Labute approximate surface area is 584 Å². The molecule has 1 unspecified atom stereocenters. The second-order valence-corrected chi connectivity index (χ2v) is 33.3. The van der Waals surface area contributed by atoms with E-state index < -0.39 is 5.41 Å². The normalized spacial score (nSPS) is 14.3. The molecule has 0 radical (unpaired) electrons. The Balaban J connectivity index is 1.12. The van der Waals surface area contributed by atoms with Gasteiger partial charge in [0.2, 0.25) is 0 Å². The Morgan fingerprint density at radius 3 is 1.06 bits per heavy atom. The highest BCUT2D eigenvalue weighted by atomic mass is 32.1. The lowest BCUT2D eigenvalue weighted by atomic mass is 9.67. The summed E-state index contributed by atoms with van der Waals surface area (Å²) < 4.78 is 10.2. The average Bonchev–Trinajstić information content (AvgIpc) is 1.50. The summed E-state index contributed by atoms with van der Waals surface area (Å²) in [6.07, 6.45) is 0. The van der Waals surface area contributed by atoms with Gasteiger partial charge in [0.1, 0.15) is 11.2 Å². The lowest BCUT2D eigenvalue weighted by Crippen LogP contribution is -2.29. The van der Waals surface area contributed by atoms with E-state index >= 15 is 0 Å². The molecule has 0 spiro atoms. The Kier molecular flexibility index (Phi) is 15.5. The summed E-state index contributed by atoms with van der Waals surface area (Å²) in [4.78, 5) is 7.45. The molecule has 2 aromatic heterocycles. The quantitative estimate of drug-likeness (QED) is 0.129. The molecule has 0 fully saturated rings. The number of hydrogen-bond acceptors (Lipinski definition) is 5. The van der Waals surface area contributed by atoms with Crippen molar-refractivity contribution in [2.45, 2.75) is 136 Å². The zero-order valence-electron chi connectivity index (χ0n) is 59.6. The molecule has 0 bridgehead atoms. The fourth-order valence-electron chi connectivity index (χ4n) is 15.1. The minimum Gasteiger partial charge on any atom is -0.455 e. The van der Waals surface area contributed by atoms with E-state index in [1.165, 1.54) is 64.7 Å². The highest BCUT2D eigenvalue weighted by molar-refractivity contribution is 7.26. The van der Waals surface area contributed by atoms with Crippen LogP contribution in [0.15, 0.2) is 271 Å². The van der Waals surface area contributed by atoms with Crippen molar-refractivity contribution in [1.29, 1.82) is 0 Å². The maximum atomic E-state index is 7.77. The van der Waals surface area contributed by atoms with Crippen molar-refractivity contribution in [2.75, 3.05) is 14.7 Å². The molecule has 1 aliphatic rings. The summed E-state index contributed by atoms with van der Waals surface area (Å²) in [5.41, 5.74) is 23.6. The Morgan fingerprint density at radius 2 is 0.622 bits per heavy atom. The number of thiophene rings is 1. The summed E-state index contributed by atoms with van der Waals surface area (Å²) in [6.45, 7) is 34.5. The zero-order valence-corrected chi connectivity index (χ0v) is 60.4. The Morgan fingerprint density at radius 1 is 0.296 bits per heavy atom. The molecular formula is C93H89N3OS. The van der Waals surface area contributed by atoms with Crippen molar-refractivity contribution >= 4 is 105 Å². The van der Waals surface area contributed by atoms with Crippen molar-refractivity contribution in [3.8, 4) is 11.1 Å². The third-order valence-electron chi connectivity index (χ3n) is 20.5. The number of hydrogen-bond donors (Lipinski definition) is 0. The predicted molar refractivity (Wildman–Crippen MR) is 421 cm³/mol. The van der Waals surface area contributed by atoms with Crippen LogP contribution in [0, 0.1) is 0 Å². The topological polar surface area (TPSA) is 22.9 Å². The smallest absolute Gasteiger partial charge is 0.145 e. The van der Waals surface area contributed by atoms with Gasteiger partial charge in [0.15, 0.2) is 0 Å². The predicted octanol–water partition coefficient (Wildman–Crippen LogP) is 27.2. The molecule has 0 N–H and O–H groups in total. The van der Waals surface area contributed by atoms with Crippen LogP contribution in [0.2, 0.25) is 0 Å². The second kappa shape index (κ2) is 23.7. The molecule has 98 heavy (non-hydrogen) atoms. The molecule has 0 saturated carbocycles. The average molecular weight is 1300 g/mol. The first-order valence-corrected chi connectivity index (χ1v) is 35.7. The fourth-order valence-corrected chi connectivity index (χ4v) is 16.3. The van der Waals surface area contributed by atoms with Crippen molar-refractivity contribution in [3.63, 3.8) is 0 Å². The zero-order chi connectivity index (χ0) is 68.4. The van der Waals surface area contributed by atoms with Crippen molar-refractivity contribution in [1.82, 2.24) is 0 Å². The number of para-hydroxylation sites is 3. The molecule has 2 heterocycles. The molecule has 1 atom stereocenters. The number of fused-ring (bicyclic) bond motifs is 11. The SMILES string of the molecule is CC(C)(C)c1ccc(N(c2ccc(C(C)(C)C)cc2)c2ccc(C3(c4ccc(C(C)(C)C)cc4)c4cc(N(c5ccccc5)c5ccc(C(C)(C)C)cc5)c5c(oc6ccccc65)c4-c4c3cc(N(c3ccccc3)c3ccc(C(C)(C)C)cc3)c3sc5ccccc5c43)cc2)cc1. The van der Waals surface area contributed by atoms with E-state index in [-0.39, 0.29) is 27.1 Å². The molecule has 14 aromatic rings. The van der Waals surface area contributed by atoms with Gasteiger partial charge in [-0.05, 0) is 192 Å². The van der Waals surface area contributed by atoms with Crippen LogP contribution < -0.4 is 14.7 Å². The van der Waals surface area contributed by atoms with E-state index in [1.807, 2.05) is 11.3 Å². The first kappa shape index (κ1) is 64.1. The maximum Gasteiger partial charge on any atom is 0.145 e. The van der Waals surface area contributed by atoms with Crippen LogP contribution in [0.5, 0.6) is 0 Å². The van der Waals surface area contributed by atoms with E-state index in [0.29, 0.717) is 0 Å². The molecule has 1 aliphatic carbocycles. The summed E-state index contributed by atoms with van der Waals surface area (Å²) in [5, 5.41) is 4.56. The summed E-state index contributed by atoms with van der Waals surface area (Å²) in [5.74, 6) is 0. The van der Waals surface area contributed by atoms with Gasteiger partial charge in [-0.25, -0.2) is 0 Å². The van der Waals surface area contributed by atoms with Crippen molar-refractivity contribution in [3.05, 3.63) is 317 Å². The first-order valence-electron chi connectivity index (χ1n) is 34.9. The van der Waals surface area contributed by atoms with Crippen molar-refractivity contribution in [2.24, 2.45) is 0 Å². The maximum absolute atomic E-state index is 7.77. The van der Waals surface area contributed by atoms with Gasteiger partial charge in [-0.3, -0.25) is 0 Å². The van der Waals surface area contributed by atoms with E-state index in [2.05, 4.69) is 385 Å². The van der Waals surface area contributed by atoms with Crippen LogP contribution in [0.1, 0.15) is 154 Å².